The fourth-order valence-electron chi connectivity index (χ4n) is 0.556. The summed E-state index contributed by atoms with van der Waals surface area (Å²) < 4.78 is 0. The molecule has 0 fully saturated rings. The zero-order chi connectivity index (χ0) is 5.82. The van der Waals surface area contributed by atoms with Crippen molar-refractivity contribution in [3.8, 4) is 0 Å². The summed E-state index contributed by atoms with van der Waals surface area (Å²) in [6.07, 6.45) is 3.78. The van der Waals surface area contributed by atoms with E-state index in [-0.39, 0.29) is 0 Å². The minimum Gasteiger partial charge on any atom is -0.113 e. The van der Waals surface area contributed by atoms with Gasteiger partial charge >= 0.3 is 0 Å². The highest BCUT2D eigenvalue weighted by Crippen LogP contribution is 1.77. The third kappa shape index (κ3) is 1.14. The molecule has 0 atom stereocenters. The van der Waals surface area contributed by atoms with Crippen molar-refractivity contribution in [2.24, 2.45) is 0 Å². The smallest absolute Gasteiger partial charge is 0.0518 e. The summed E-state index contributed by atoms with van der Waals surface area (Å²) in [5.74, 6) is 0. The second-order valence-corrected chi connectivity index (χ2v) is 2.47. The van der Waals surface area contributed by atoms with Crippen LogP contribution in [0.2, 0.25) is 0 Å². The van der Waals surface area contributed by atoms with Crippen molar-refractivity contribution in [3.63, 3.8) is 0 Å². The molecule has 0 heterocycles. The van der Waals surface area contributed by atoms with Gasteiger partial charge in [0.25, 0.3) is 0 Å². The molecule has 0 spiro atoms. The lowest BCUT2D eigenvalue weighted by Crippen LogP contribution is -2.03. The van der Waals surface area contributed by atoms with E-state index in [1.807, 2.05) is 18.2 Å². The van der Waals surface area contributed by atoms with Gasteiger partial charge in [0.1, 0.15) is 0 Å². The largest absolute Gasteiger partial charge is 0.113 e. The van der Waals surface area contributed by atoms with E-state index in [9.17, 15) is 0 Å². The van der Waals surface area contributed by atoms with Gasteiger partial charge in [0, 0.05) is 0 Å². The van der Waals surface area contributed by atoms with E-state index >= 15 is 0 Å². The zero-order valence-electron chi connectivity index (χ0n) is 4.59. The predicted molar refractivity (Wildman–Crippen MR) is 39.0 cm³/mol. The maximum atomic E-state index is 3.78. The lowest BCUT2D eigenvalue weighted by molar-refractivity contribution is 1.77. The molecule has 0 unspecified atom stereocenters. The van der Waals surface area contributed by atoms with Gasteiger partial charge in [-0.05, 0) is 5.19 Å². The van der Waals surface area contributed by atoms with Crippen LogP contribution in [-0.4, -0.2) is 15.3 Å². The highest BCUT2D eigenvalue weighted by molar-refractivity contribution is 6.56. The van der Waals surface area contributed by atoms with Crippen molar-refractivity contribution in [3.05, 3.63) is 30.3 Å². The first-order valence-corrected chi connectivity index (χ1v) is 3.72. The summed E-state index contributed by atoms with van der Waals surface area (Å²) in [4.78, 5) is 0. The van der Waals surface area contributed by atoms with Gasteiger partial charge in [0.2, 0.25) is 0 Å². The summed E-state index contributed by atoms with van der Waals surface area (Å²) in [5, 5.41) is 1.33. The molecule has 0 amide bonds. The van der Waals surface area contributed by atoms with Gasteiger partial charge in [-0.25, -0.2) is 0 Å². The molecule has 1 radical (unpaired) electrons. The number of hydrogen-bond donors (Lipinski definition) is 0. The molecule has 39 valence electrons. The minimum atomic E-state index is 0.680. The molecule has 0 saturated heterocycles. The van der Waals surface area contributed by atoms with E-state index in [0.29, 0.717) is 9.13 Å². The fourth-order valence-corrected chi connectivity index (χ4v) is 0.984. The molecular formula is C7H7Si. The van der Waals surface area contributed by atoms with Gasteiger partial charge in [-0.1, -0.05) is 30.3 Å². The van der Waals surface area contributed by atoms with Crippen LogP contribution in [0.5, 0.6) is 0 Å². The van der Waals surface area contributed by atoms with Crippen molar-refractivity contribution in [2.45, 2.75) is 0 Å². The van der Waals surface area contributed by atoms with Crippen LogP contribution in [-0.2, 0) is 0 Å². The fraction of sp³-hybridized carbons (Fsp3) is 0. The van der Waals surface area contributed by atoms with E-state index < -0.39 is 0 Å². The zero-order valence-corrected chi connectivity index (χ0v) is 5.59. The predicted octanol–water partition coefficient (Wildman–Crippen LogP) is 0.448. The first-order chi connectivity index (χ1) is 3.93. The van der Waals surface area contributed by atoms with Gasteiger partial charge in [-0.3, -0.25) is 0 Å². The second-order valence-electron chi connectivity index (χ2n) is 1.54. The van der Waals surface area contributed by atoms with Crippen LogP contribution >= 0.6 is 0 Å². The maximum Gasteiger partial charge on any atom is 0.0518 e. The van der Waals surface area contributed by atoms with Crippen LogP contribution in [0.4, 0.5) is 0 Å². The molecule has 1 aromatic carbocycles. The average molecular weight is 119 g/mol. The Morgan fingerprint density at radius 3 is 2.12 bits per heavy atom. The Balaban J connectivity index is 2.99. The van der Waals surface area contributed by atoms with Crippen LogP contribution in [0.15, 0.2) is 30.3 Å². The molecule has 0 bridgehead atoms. The molecule has 0 aliphatic heterocycles. The molecule has 0 nitrogen and oxygen atoms in total. The normalized spacial score (nSPS) is 8.50. The van der Waals surface area contributed by atoms with E-state index in [2.05, 4.69) is 18.3 Å². The Kier molecular flexibility index (Phi) is 1.75. The van der Waals surface area contributed by atoms with Crippen molar-refractivity contribution >= 4 is 20.5 Å². The quantitative estimate of drug-likeness (QED) is 0.471. The SMILES string of the molecule is C=[Si]c1ccccc1. The Morgan fingerprint density at radius 2 is 1.75 bits per heavy atom. The highest BCUT2D eigenvalue weighted by Gasteiger charge is 1.76. The summed E-state index contributed by atoms with van der Waals surface area (Å²) in [6, 6.07) is 10.3. The summed E-state index contributed by atoms with van der Waals surface area (Å²) in [5.41, 5.74) is 0. The lowest BCUT2D eigenvalue weighted by atomic mass is 10.4. The number of rotatable bonds is 1. The lowest BCUT2D eigenvalue weighted by Gasteiger charge is -1.84. The number of hydrogen-bond acceptors (Lipinski definition) is 0. The Labute approximate surface area is 51.6 Å². The molecule has 0 N–H and O–H groups in total. The molecular weight excluding hydrogens is 112 g/mol. The van der Waals surface area contributed by atoms with Crippen molar-refractivity contribution in [1.82, 2.24) is 0 Å². The van der Waals surface area contributed by atoms with Crippen molar-refractivity contribution in [1.29, 1.82) is 0 Å². The van der Waals surface area contributed by atoms with Gasteiger partial charge in [0.15, 0.2) is 0 Å². The van der Waals surface area contributed by atoms with Crippen LogP contribution in [0.25, 0.3) is 0 Å². The van der Waals surface area contributed by atoms with E-state index in [1.54, 1.807) is 0 Å². The minimum absolute atomic E-state index is 0.680. The van der Waals surface area contributed by atoms with Crippen LogP contribution in [0, 0.1) is 0 Å². The first-order valence-electron chi connectivity index (χ1n) is 2.51. The summed E-state index contributed by atoms with van der Waals surface area (Å²) in [6.45, 7) is 0. The average Bonchev–Trinajstić information content (AvgIpc) is 1.90. The highest BCUT2D eigenvalue weighted by atomic mass is 28.2. The molecule has 8 heavy (non-hydrogen) atoms. The van der Waals surface area contributed by atoms with E-state index in [0.717, 1.165) is 0 Å². The van der Waals surface area contributed by atoms with Gasteiger partial charge in [0.05, 0.1) is 9.13 Å². The van der Waals surface area contributed by atoms with E-state index in [1.165, 1.54) is 5.19 Å². The van der Waals surface area contributed by atoms with Crippen LogP contribution < -0.4 is 5.19 Å². The number of benzene rings is 1. The Bertz CT molecular complexity index is 167. The molecule has 0 aliphatic rings. The maximum absolute atomic E-state index is 3.78. The summed E-state index contributed by atoms with van der Waals surface area (Å²) in [7, 11) is 0.680. The van der Waals surface area contributed by atoms with Crippen molar-refractivity contribution in [2.75, 3.05) is 0 Å². The third-order valence-corrected chi connectivity index (χ3v) is 1.72. The molecule has 1 aromatic rings. The third-order valence-electron chi connectivity index (χ3n) is 0.978. The van der Waals surface area contributed by atoms with Gasteiger partial charge in [-0.2, -0.15) is 0 Å². The molecule has 1 heteroatoms. The monoisotopic (exact) mass is 119 g/mol. The van der Waals surface area contributed by atoms with Crippen LogP contribution in [0.3, 0.4) is 0 Å². The first kappa shape index (κ1) is 5.44. The molecule has 0 aromatic heterocycles. The van der Waals surface area contributed by atoms with Crippen molar-refractivity contribution < 1.29 is 0 Å². The Hall–Kier alpha value is -0.693. The Morgan fingerprint density at radius 1 is 1.12 bits per heavy atom. The second kappa shape index (κ2) is 2.57. The van der Waals surface area contributed by atoms with Gasteiger partial charge < -0.3 is 0 Å². The van der Waals surface area contributed by atoms with E-state index in [4.69, 9.17) is 0 Å². The van der Waals surface area contributed by atoms with Gasteiger partial charge in [-0.15, -0.1) is 6.17 Å². The molecule has 0 saturated carbocycles. The topological polar surface area (TPSA) is 0 Å². The standard InChI is InChI=1S/C7H7Si/c1-8-7-5-3-2-4-6-7/h2-6H,1H2. The molecule has 0 aliphatic carbocycles. The molecule has 1 rings (SSSR count). The van der Waals surface area contributed by atoms with Crippen LogP contribution in [0.1, 0.15) is 0 Å². The summed E-state index contributed by atoms with van der Waals surface area (Å²) >= 11 is 0.